The predicted octanol–water partition coefficient (Wildman–Crippen LogP) is 5.12. The second-order valence-corrected chi connectivity index (χ2v) is 7.70. The fourth-order valence-corrected chi connectivity index (χ4v) is 4.16. The fourth-order valence-electron chi connectivity index (χ4n) is 4.16. The van der Waals surface area contributed by atoms with E-state index < -0.39 is 12.3 Å². The predicted molar refractivity (Wildman–Crippen MR) is 101 cm³/mol. The van der Waals surface area contributed by atoms with Gasteiger partial charge in [-0.05, 0) is 55.4 Å². The third kappa shape index (κ3) is 3.17. The minimum absolute atomic E-state index is 0.212. The van der Waals surface area contributed by atoms with Crippen molar-refractivity contribution < 1.29 is 8.78 Å². The molecule has 0 aromatic carbocycles. The molecule has 0 saturated heterocycles. The lowest BCUT2D eigenvalue weighted by Crippen LogP contribution is -2.29. The highest BCUT2D eigenvalue weighted by molar-refractivity contribution is 5.62. The number of imidazole rings is 1. The van der Waals surface area contributed by atoms with E-state index in [2.05, 4.69) is 27.0 Å². The maximum absolute atomic E-state index is 13.2. The first kappa shape index (κ1) is 16.7. The number of halogens is 2. The molecule has 0 spiro atoms. The Balaban J connectivity index is 1.45. The van der Waals surface area contributed by atoms with Crippen LogP contribution in [0.2, 0.25) is 0 Å². The molecule has 3 aromatic heterocycles. The summed E-state index contributed by atoms with van der Waals surface area (Å²) in [5.41, 5.74) is 3.95. The highest BCUT2D eigenvalue weighted by Gasteiger charge is 2.34. The molecule has 2 saturated carbocycles. The molecule has 0 radical (unpaired) electrons. The first-order valence-electron chi connectivity index (χ1n) is 9.68. The highest BCUT2D eigenvalue weighted by Crippen LogP contribution is 2.40. The zero-order valence-corrected chi connectivity index (χ0v) is 15.0. The maximum Gasteiger partial charge on any atom is 0.243 e. The lowest BCUT2D eigenvalue weighted by molar-refractivity contribution is 0.0757. The van der Waals surface area contributed by atoms with Gasteiger partial charge in [0, 0.05) is 18.2 Å². The SMILES string of the molecule is FC(F)[C@H]1CCC[C@@H]1Nc1cccc(-c2cnc3ccc(C4CC4)cn23)n1. The number of fused-ring (bicyclic) bond motifs is 1. The Kier molecular flexibility index (Phi) is 4.06. The van der Waals surface area contributed by atoms with E-state index in [1.807, 2.05) is 30.5 Å². The molecule has 2 atom stereocenters. The molecule has 0 bridgehead atoms. The van der Waals surface area contributed by atoms with Crippen molar-refractivity contribution in [3.63, 3.8) is 0 Å². The number of alkyl halides is 2. The Morgan fingerprint density at radius 2 is 1.96 bits per heavy atom. The number of anilines is 1. The van der Waals surface area contributed by atoms with E-state index >= 15 is 0 Å². The molecular weight excluding hydrogens is 346 g/mol. The summed E-state index contributed by atoms with van der Waals surface area (Å²) in [5.74, 6) is 0.727. The normalized spacial score (nSPS) is 22.6. The maximum atomic E-state index is 13.2. The molecule has 2 aliphatic carbocycles. The Morgan fingerprint density at radius 1 is 1.07 bits per heavy atom. The molecule has 0 aliphatic heterocycles. The first-order chi connectivity index (χ1) is 13.2. The monoisotopic (exact) mass is 368 g/mol. The van der Waals surface area contributed by atoms with E-state index in [0.717, 1.165) is 29.9 Å². The minimum atomic E-state index is -2.28. The summed E-state index contributed by atoms with van der Waals surface area (Å²) in [6, 6.07) is 9.70. The van der Waals surface area contributed by atoms with Crippen molar-refractivity contribution in [2.75, 3.05) is 5.32 Å². The zero-order valence-electron chi connectivity index (χ0n) is 15.0. The second kappa shape index (κ2) is 6.59. The van der Waals surface area contributed by atoms with E-state index in [1.165, 1.54) is 18.4 Å². The van der Waals surface area contributed by atoms with E-state index in [9.17, 15) is 8.78 Å². The van der Waals surface area contributed by atoms with Crippen LogP contribution >= 0.6 is 0 Å². The van der Waals surface area contributed by atoms with Crippen LogP contribution in [0.1, 0.15) is 43.6 Å². The molecule has 4 nitrogen and oxygen atoms in total. The van der Waals surface area contributed by atoms with Crippen molar-refractivity contribution in [1.82, 2.24) is 14.4 Å². The van der Waals surface area contributed by atoms with Gasteiger partial charge in [-0.15, -0.1) is 0 Å². The largest absolute Gasteiger partial charge is 0.367 e. The smallest absolute Gasteiger partial charge is 0.243 e. The van der Waals surface area contributed by atoms with Crippen molar-refractivity contribution >= 4 is 11.5 Å². The van der Waals surface area contributed by atoms with Crippen LogP contribution in [0.3, 0.4) is 0 Å². The zero-order chi connectivity index (χ0) is 18.4. The van der Waals surface area contributed by atoms with Gasteiger partial charge in [0.1, 0.15) is 11.5 Å². The lowest BCUT2D eigenvalue weighted by atomic mass is 10.0. The third-order valence-corrected chi connectivity index (χ3v) is 5.82. The van der Waals surface area contributed by atoms with Crippen LogP contribution in [0.25, 0.3) is 17.0 Å². The molecule has 2 fully saturated rings. The second-order valence-electron chi connectivity index (χ2n) is 7.70. The highest BCUT2D eigenvalue weighted by atomic mass is 19.3. The summed E-state index contributed by atoms with van der Waals surface area (Å²) in [6.07, 6.45) is 6.38. The van der Waals surface area contributed by atoms with Gasteiger partial charge in [0.25, 0.3) is 0 Å². The summed E-state index contributed by atoms with van der Waals surface area (Å²) in [7, 11) is 0. The Morgan fingerprint density at radius 3 is 2.78 bits per heavy atom. The molecule has 3 heterocycles. The van der Waals surface area contributed by atoms with E-state index in [4.69, 9.17) is 4.98 Å². The van der Waals surface area contributed by atoms with E-state index in [-0.39, 0.29) is 6.04 Å². The number of pyridine rings is 2. The van der Waals surface area contributed by atoms with Crippen LogP contribution < -0.4 is 5.32 Å². The molecule has 2 aliphatic rings. The Labute approximate surface area is 156 Å². The molecule has 0 unspecified atom stereocenters. The van der Waals surface area contributed by atoms with Crippen molar-refractivity contribution in [3.8, 4) is 11.4 Å². The molecule has 5 rings (SSSR count). The van der Waals surface area contributed by atoms with E-state index in [1.54, 1.807) is 0 Å². The van der Waals surface area contributed by atoms with Crippen molar-refractivity contribution in [3.05, 3.63) is 48.3 Å². The van der Waals surface area contributed by atoms with Crippen molar-refractivity contribution in [2.24, 2.45) is 5.92 Å². The number of aromatic nitrogens is 3. The quantitative estimate of drug-likeness (QED) is 0.680. The van der Waals surface area contributed by atoms with Gasteiger partial charge in [-0.25, -0.2) is 18.7 Å². The summed E-state index contributed by atoms with van der Waals surface area (Å²) in [4.78, 5) is 9.18. The van der Waals surface area contributed by atoms with Gasteiger partial charge in [-0.2, -0.15) is 0 Å². The van der Waals surface area contributed by atoms with Crippen LogP contribution in [0.5, 0.6) is 0 Å². The molecule has 27 heavy (non-hydrogen) atoms. The Hall–Kier alpha value is -2.50. The van der Waals surface area contributed by atoms with Crippen LogP contribution in [0.4, 0.5) is 14.6 Å². The average Bonchev–Trinajstić information content (AvgIpc) is 3.27. The molecule has 3 aromatic rings. The van der Waals surface area contributed by atoms with Crippen LogP contribution in [-0.2, 0) is 0 Å². The van der Waals surface area contributed by atoms with Gasteiger partial charge in [0.2, 0.25) is 6.43 Å². The molecule has 0 amide bonds. The molecular formula is C21H22F2N4. The number of nitrogens with one attached hydrogen (secondary N) is 1. The summed E-state index contributed by atoms with van der Waals surface area (Å²) in [6.45, 7) is 0. The lowest BCUT2D eigenvalue weighted by Gasteiger charge is -2.21. The summed E-state index contributed by atoms with van der Waals surface area (Å²) >= 11 is 0. The number of hydrogen-bond donors (Lipinski definition) is 1. The summed E-state index contributed by atoms with van der Waals surface area (Å²) in [5, 5.41) is 3.24. The van der Waals surface area contributed by atoms with E-state index in [0.29, 0.717) is 18.2 Å². The molecule has 6 heteroatoms. The number of hydrogen-bond acceptors (Lipinski definition) is 3. The average molecular weight is 368 g/mol. The van der Waals surface area contributed by atoms with Crippen molar-refractivity contribution in [2.45, 2.75) is 50.5 Å². The fraction of sp³-hybridized carbons (Fsp3) is 0.429. The van der Waals surface area contributed by atoms with Gasteiger partial charge < -0.3 is 5.32 Å². The standard InChI is InChI=1S/C21H22F2N4/c22-21(23)15-3-1-4-16(15)25-19-6-2-5-17(26-19)18-11-24-20-10-9-14(12-27(18)20)13-7-8-13/h2,5-6,9-13,15-16,21H,1,3-4,7-8H2,(H,25,26)/t15-,16-/m0/s1. The third-order valence-electron chi connectivity index (χ3n) is 5.82. The van der Waals surface area contributed by atoms with Gasteiger partial charge in [-0.3, -0.25) is 4.40 Å². The summed E-state index contributed by atoms with van der Waals surface area (Å²) < 4.78 is 28.5. The number of rotatable bonds is 5. The van der Waals surface area contributed by atoms with Crippen LogP contribution in [0, 0.1) is 5.92 Å². The van der Waals surface area contributed by atoms with Crippen LogP contribution in [0.15, 0.2) is 42.7 Å². The first-order valence-corrected chi connectivity index (χ1v) is 9.68. The van der Waals surface area contributed by atoms with Crippen molar-refractivity contribution in [1.29, 1.82) is 0 Å². The topological polar surface area (TPSA) is 42.2 Å². The minimum Gasteiger partial charge on any atom is -0.367 e. The van der Waals surface area contributed by atoms with Gasteiger partial charge >= 0.3 is 0 Å². The van der Waals surface area contributed by atoms with Crippen LogP contribution in [-0.4, -0.2) is 26.8 Å². The molecule has 1 N–H and O–H groups in total. The van der Waals surface area contributed by atoms with Gasteiger partial charge in [0.05, 0.1) is 17.6 Å². The van der Waals surface area contributed by atoms with Gasteiger partial charge in [0.15, 0.2) is 0 Å². The van der Waals surface area contributed by atoms with Gasteiger partial charge in [-0.1, -0.05) is 18.6 Å². The number of nitrogens with zero attached hydrogens (tertiary/aromatic N) is 3. The Bertz CT molecular complexity index is 964. The molecule has 140 valence electrons.